The van der Waals surface area contributed by atoms with Crippen LogP contribution in [-0.4, -0.2) is 27.4 Å². The molecule has 0 bridgehead atoms. The van der Waals surface area contributed by atoms with Crippen molar-refractivity contribution in [2.45, 2.75) is 25.8 Å². The lowest BCUT2D eigenvalue weighted by atomic mass is 10.3. The van der Waals surface area contributed by atoms with Crippen molar-refractivity contribution in [2.24, 2.45) is 5.92 Å². The Hall–Kier alpha value is -1.39. The van der Waals surface area contributed by atoms with Gasteiger partial charge in [-0.3, -0.25) is 9.48 Å². The SMILES string of the molecule is O=C(NCCCn1ccnn1)C1CC1. The van der Waals surface area contributed by atoms with Gasteiger partial charge >= 0.3 is 0 Å². The number of aromatic nitrogens is 3. The van der Waals surface area contributed by atoms with Crippen molar-refractivity contribution < 1.29 is 4.79 Å². The predicted molar refractivity (Wildman–Crippen MR) is 50.4 cm³/mol. The number of amides is 1. The molecule has 1 amide bonds. The van der Waals surface area contributed by atoms with Gasteiger partial charge in [0.25, 0.3) is 0 Å². The van der Waals surface area contributed by atoms with E-state index in [0.717, 1.165) is 32.4 Å². The Kier molecular flexibility index (Phi) is 2.76. The molecule has 0 unspecified atom stereocenters. The maximum Gasteiger partial charge on any atom is 0.223 e. The van der Waals surface area contributed by atoms with Crippen molar-refractivity contribution in [3.05, 3.63) is 12.4 Å². The van der Waals surface area contributed by atoms with E-state index in [4.69, 9.17) is 0 Å². The lowest BCUT2D eigenvalue weighted by molar-refractivity contribution is -0.122. The molecule has 1 saturated carbocycles. The Morgan fingerprint density at radius 3 is 3.07 bits per heavy atom. The van der Waals surface area contributed by atoms with E-state index in [-0.39, 0.29) is 5.91 Å². The third-order valence-corrected chi connectivity index (χ3v) is 2.28. The molecule has 1 aliphatic carbocycles. The minimum absolute atomic E-state index is 0.212. The minimum atomic E-state index is 0.212. The first-order chi connectivity index (χ1) is 6.86. The van der Waals surface area contributed by atoms with Crippen LogP contribution in [0.2, 0.25) is 0 Å². The summed E-state index contributed by atoms with van der Waals surface area (Å²) in [6, 6.07) is 0. The van der Waals surface area contributed by atoms with Crippen LogP contribution < -0.4 is 5.32 Å². The van der Waals surface area contributed by atoms with Crippen molar-refractivity contribution in [1.29, 1.82) is 0 Å². The highest BCUT2D eigenvalue weighted by molar-refractivity contribution is 5.80. The van der Waals surface area contributed by atoms with Crippen molar-refractivity contribution in [1.82, 2.24) is 20.3 Å². The van der Waals surface area contributed by atoms with Gasteiger partial charge in [0.2, 0.25) is 5.91 Å². The summed E-state index contributed by atoms with van der Waals surface area (Å²) in [7, 11) is 0. The molecule has 1 aromatic heterocycles. The lowest BCUT2D eigenvalue weighted by Crippen LogP contribution is -2.26. The standard InChI is InChI=1S/C9H14N4O/c14-9(8-2-3-8)10-4-1-6-13-7-5-11-12-13/h5,7-8H,1-4,6H2,(H,10,14). The van der Waals surface area contributed by atoms with Crippen LogP contribution in [0.1, 0.15) is 19.3 Å². The van der Waals surface area contributed by atoms with Gasteiger partial charge in [0.05, 0.1) is 6.20 Å². The predicted octanol–water partition coefficient (Wildman–Crippen LogP) is 0.194. The van der Waals surface area contributed by atoms with E-state index < -0.39 is 0 Å². The number of nitrogens with one attached hydrogen (secondary N) is 1. The Balaban J connectivity index is 1.57. The van der Waals surface area contributed by atoms with Crippen LogP contribution in [0.4, 0.5) is 0 Å². The van der Waals surface area contributed by atoms with E-state index in [1.807, 2.05) is 6.20 Å². The zero-order valence-electron chi connectivity index (χ0n) is 8.02. The van der Waals surface area contributed by atoms with Gasteiger partial charge < -0.3 is 5.32 Å². The molecule has 0 radical (unpaired) electrons. The van der Waals surface area contributed by atoms with Gasteiger partial charge in [0.15, 0.2) is 0 Å². The number of hydrogen-bond acceptors (Lipinski definition) is 3. The normalized spacial score (nSPS) is 15.4. The fraction of sp³-hybridized carbons (Fsp3) is 0.667. The van der Waals surface area contributed by atoms with E-state index in [1.165, 1.54) is 0 Å². The van der Waals surface area contributed by atoms with Crippen LogP contribution in [0.5, 0.6) is 0 Å². The second-order valence-corrected chi connectivity index (χ2v) is 3.58. The Morgan fingerprint density at radius 2 is 2.43 bits per heavy atom. The van der Waals surface area contributed by atoms with Crippen molar-refractivity contribution >= 4 is 5.91 Å². The molecule has 1 aliphatic rings. The zero-order chi connectivity index (χ0) is 9.80. The van der Waals surface area contributed by atoms with E-state index in [2.05, 4.69) is 15.6 Å². The average Bonchev–Trinajstić information content (AvgIpc) is 2.92. The summed E-state index contributed by atoms with van der Waals surface area (Å²) in [5.41, 5.74) is 0. The fourth-order valence-corrected chi connectivity index (χ4v) is 1.29. The van der Waals surface area contributed by atoms with Gasteiger partial charge in [-0.2, -0.15) is 0 Å². The molecule has 76 valence electrons. The summed E-state index contributed by atoms with van der Waals surface area (Å²) in [6.07, 6.45) is 6.51. The van der Waals surface area contributed by atoms with E-state index >= 15 is 0 Å². The first-order valence-electron chi connectivity index (χ1n) is 4.98. The third-order valence-electron chi connectivity index (χ3n) is 2.28. The summed E-state index contributed by atoms with van der Waals surface area (Å²) >= 11 is 0. The second-order valence-electron chi connectivity index (χ2n) is 3.58. The van der Waals surface area contributed by atoms with Crippen LogP contribution in [0.15, 0.2) is 12.4 Å². The van der Waals surface area contributed by atoms with Gasteiger partial charge in [0, 0.05) is 25.2 Å². The first kappa shape index (κ1) is 9.18. The van der Waals surface area contributed by atoms with Gasteiger partial charge in [0.1, 0.15) is 0 Å². The molecule has 1 aromatic rings. The number of nitrogens with zero attached hydrogens (tertiary/aromatic N) is 3. The summed E-state index contributed by atoms with van der Waals surface area (Å²) in [4.78, 5) is 11.2. The Morgan fingerprint density at radius 1 is 1.57 bits per heavy atom. The fourth-order valence-electron chi connectivity index (χ4n) is 1.29. The molecule has 0 saturated heterocycles. The van der Waals surface area contributed by atoms with Gasteiger partial charge in [-0.15, -0.1) is 5.10 Å². The first-order valence-corrected chi connectivity index (χ1v) is 4.98. The van der Waals surface area contributed by atoms with Crippen LogP contribution in [0, 0.1) is 5.92 Å². The van der Waals surface area contributed by atoms with Crippen LogP contribution >= 0.6 is 0 Å². The highest BCUT2D eigenvalue weighted by Gasteiger charge is 2.28. The van der Waals surface area contributed by atoms with Gasteiger partial charge in [-0.25, -0.2) is 0 Å². The molecule has 5 heteroatoms. The number of hydrogen-bond donors (Lipinski definition) is 1. The quantitative estimate of drug-likeness (QED) is 0.681. The zero-order valence-corrected chi connectivity index (χ0v) is 8.02. The van der Waals surface area contributed by atoms with E-state index in [0.29, 0.717) is 5.92 Å². The number of rotatable bonds is 5. The molecule has 14 heavy (non-hydrogen) atoms. The summed E-state index contributed by atoms with van der Waals surface area (Å²) < 4.78 is 1.77. The number of carbonyl (C=O) groups excluding carboxylic acids is 1. The molecule has 0 atom stereocenters. The van der Waals surface area contributed by atoms with Crippen molar-refractivity contribution in [2.75, 3.05) is 6.54 Å². The summed E-state index contributed by atoms with van der Waals surface area (Å²) in [5, 5.41) is 10.4. The molecule has 1 heterocycles. The summed E-state index contributed by atoms with van der Waals surface area (Å²) in [6.45, 7) is 1.54. The topological polar surface area (TPSA) is 59.8 Å². The molecular formula is C9H14N4O. The third kappa shape index (κ3) is 2.55. The minimum Gasteiger partial charge on any atom is -0.356 e. The molecule has 1 fully saturated rings. The molecular weight excluding hydrogens is 180 g/mol. The molecule has 0 aromatic carbocycles. The molecule has 0 aliphatic heterocycles. The van der Waals surface area contributed by atoms with Crippen LogP contribution in [0.25, 0.3) is 0 Å². The largest absolute Gasteiger partial charge is 0.356 e. The number of aryl methyl sites for hydroxylation is 1. The second kappa shape index (κ2) is 4.21. The average molecular weight is 194 g/mol. The monoisotopic (exact) mass is 194 g/mol. The van der Waals surface area contributed by atoms with Crippen LogP contribution in [0.3, 0.4) is 0 Å². The van der Waals surface area contributed by atoms with Crippen LogP contribution in [-0.2, 0) is 11.3 Å². The Bertz CT molecular complexity index is 292. The van der Waals surface area contributed by atoms with Gasteiger partial charge in [-0.05, 0) is 19.3 Å². The number of carbonyl (C=O) groups is 1. The lowest BCUT2D eigenvalue weighted by Gasteiger charge is -2.03. The molecule has 2 rings (SSSR count). The highest BCUT2D eigenvalue weighted by Crippen LogP contribution is 2.28. The maximum absolute atomic E-state index is 11.2. The van der Waals surface area contributed by atoms with Crippen molar-refractivity contribution in [3.8, 4) is 0 Å². The van der Waals surface area contributed by atoms with Gasteiger partial charge in [-0.1, -0.05) is 5.21 Å². The van der Waals surface area contributed by atoms with E-state index in [9.17, 15) is 4.79 Å². The smallest absolute Gasteiger partial charge is 0.223 e. The van der Waals surface area contributed by atoms with Crippen molar-refractivity contribution in [3.63, 3.8) is 0 Å². The Labute approximate surface area is 82.5 Å². The maximum atomic E-state index is 11.2. The molecule has 5 nitrogen and oxygen atoms in total. The molecule has 0 spiro atoms. The van der Waals surface area contributed by atoms with E-state index in [1.54, 1.807) is 10.9 Å². The molecule has 1 N–H and O–H groups in total. The highest BCUT2D eigenvalue weighted by atomic mass is 16.2. The summed E-state index contributed by atoms with van der Waals surface area (Å²) in [5.74, 6) is 0.518.